The van der Waals surface area contributed by atoms with Crippen LogP contribution in [0.1, 0.15) is 27.2 Å². The van der Waals surface area contributed by atoms with Gasteiger partial charge in [-0.2, -0.15) is 5.26 Å². The van der Waals surface area contributed by atoms with Gasteiger partial charge in [-0.3, -0.25) is 19.7 Å². The van der Waals surface area contributed by atoms with Crippen LogP contribution in [0.25, 0.3) is 0 Å². The van der Waals surface area contributed by atoms with Crippen LogP contribution in [0, 0.1) is 28.1 Å². The second-order valence-corrected chi connectivity index (χ2v) is 9.24. The quantitative estimate of drug-likeness (QED) is 0.722. The van der Waals surface area contributed by atoms with Gasteiger partial charge in [0.15, 0.2) is 10.6 Å². The zero-order valence-corrected chi connectivity index (χ0v) is 15.4. The highest BCUT2D eigenvalue weighted by Crippen LogP contribution is 2.62. The lowest BCUT2D eigenvalue weighted by molar-refractivity contribution is -0.131. The molecule has 0 aromatic rings. The zero-order chi connectivity index (χ0) is 18.0. The van der Waals surface area contributed by atoms with E-state index < -0.39 is 23.7 Å². The van der Waals surface area contributed by atoms with Gasteiger partial charge in [-0.05, 0) is 23.5 Å². The van der Waals surface area contributed by atoms with E-state index in [-0.39, 0.29) is 17.2 Å². The molecule has 0 radical (unpaired) electrons. The van der Waals surface area contributed by atoms with Crippen LogP contribution in [0.5, 0.6) is 0 Å². The number of carbonyl (C=O) groups is 1. The summed E-state index contributed by atoms with van der Waals surface area (Å²) in [5, 5.41) is 10.5. The standard InChI is InChI=1S/C18H21FN4OS/c1-17(2,3)13-11(19)7-10(8-21-13)12-14-18(12,9-20)15(24)23-5-4-6-25-16(23)22-14/h7-8,11-14H,4-6H2,1-3H3/t11?,12?,13?,14-,18?/m1/s1. The molecule has 1 saturated carbocycles. The molecule has 2 fully saturated rings. The Balaban J connectivity index is 1.66. The Bertz CT molecular complexity index is 762. The Morgan fingerprint density at radius 2 is 2.24 bits per heavy atom. The SMILES string of the molecule is CC(C)(C)C1N=CC(C2[C@H]3N=C4SCCCN4C(=O)C23C#N)=CC1F. The lowest BCUT2D eigenvalue weighted by Gasteiger charge is -2.32. The van der Waals surface area contributed by atoms with Gasteiger partial charge in [0.2, 0.25) is 0 Å². The van der Waals surface area contributed by atoms with E-state index in [2.05, 4.69) is 16.1 Å². The summed E-state index contributed by atoms with van der Waals surface area (Å²) in [6.07, 6.45) is 2.90. The van der Waals surface area contributed by atoms with Crippen molar-refractivity contribution >= 4 is 29.1 Å². The number of hydrogen-bond acceptors (Lipinski definition) is 5. The Hall–Kier alpha value is -1.68. The Kier molecular flexibility index (Phi) is 3.63. The number of hydrogen-bond donors (Lipinski definition) is 0. The molecule has 0 aromatic heterocycles. The molecule has 4 unspecified atom stereocenters. The molecule has 4 aliphatic rings. The molecule has 25 heavy (non-hydrogen) atoms. The molecule has 0 spiro atoms. The maximum Gasteiger partial charge on any atom is 0.251 e. The zero-order valence-electron chi connectivity index (χ0n) is 14.6. The van der Waals surface area contributed by atoms with Crippen LogP contribution in [0.2, 0.25) is 0 Å². The van der Waals surface area contributed by atoms with Crippen LogP contribution in [-0.4, -0.2) is 52.7 Å². The van der Waals surface area contributed by atoms with Crippen molar-refractivity contribution in [3.63, 3.8) is 0 Å². The van der Waals surface area contributed by atoms with E-state index in [0.29, 0.717) is 17.3 Å². The molecule has 4 rings (SSSR count). The molecule has 0 aromatic carbocycles. The van der Waals surface area contributed by atoms with Crippen molar-refractivity contribution in [1.29, 1.82) is 5.26 Å². The van der Waals surface area contributed by atoms with Gasteiger partial charge < -0.3 is 0 Å². The average molecular weight is 360 g/mol. The maximum absolute atomic E-state index is 14.7. The van der Waals surface area contributed by atoms with Crippen LogP contribution >= 0.6 is 11.8 Å². The number of alkyl halides is 1. The van der Waals surface area contributed by atoms with E-state index in [0.717, 1.165) is 12.2 Å². The fourth-order valence-electron chi connectivity index (χ4n) is 4.08. The van der Waals surface area contributed by atoms with Gasteiger partial charge in [0.05, 0.1) is 18.2 Å². The number of rotatable bonds is 1. The molecular formula is C18H21FN4OS. The highest BCUT2D eigenvalue weighted by atomic mass is 32.2. The largest absolute Gasteiger partial charge is 0.290 e. The van der Waals surface area contributed by atoms with Gasteiger partial charge in [-0.25, -0.2) is 4.39 Å². The summed E-state index contributed by atoms with van der Waals surface area (Å²) in [7, 11) is 0. The molecular weight excluding hydrogens is 339 g/mol. The molecule has 1 saturated heterocycles. The third-order valence-corrected chi connectivity index (χ3v) is 6.55. The molecule has 3 heterocycles. The predicted molar refractivity (Wildman–Crippen MR) is 96.3 cm³/mol. The number of nitriles is 1. The summed E-state index contributed by atoms with van der Waals surface area (Å²) in [5.41, 5.74) is -0.815. The van der Waals surface area contributed by atoms with Crippen molar-refractivity contribution in [1.82, 2.24) is 4.90 Å². The monoisotopic (exact) mass is 360 g/mol. The molecule has 1 aliphatic carbocycles. The van der Waals surface area contributed by atoms with Crippen molar-refractivity contribution < 1.29 is 9.18 Å². The number of amidine groups is 1. The van der Waals surface area contributed by atoms with Crippen LogP contribution in [-0.2, 0) is 4.79 Å². The molecule has 1 amide bonds. The van der Waals surface area contributed by atoms with E-state index in [1.54, 1.807) is 29.0 Å². The van der Waals surface area contributed by atoms with E-state index in [9.17, 15) is 14.4 Å². The van der Waals surface area contributed by atoms with Gasteiger partial charge in [0.1, 0.15) is 6.17 Å². The lowest BCUT2D eigenvalue weighted by atomic mass is 9.82. The third kappa shape index (κ3) is 2.30. The van der Waals surface area contributed by atoms with Crippen LogP contribution in [0.3, 0.4) is 0 Å². The van der Waals surface area contributed by atoms with Crippen molar-refractivity contribution in [3.05, 3.63) is 11.6 Å². The third-order valence-electron chi connectivity index (χ3n) is 5.47. The van der Waals surface area contributed by atoms with Gasteiger partial charge in [-0.1, -0.05) is 32.5 Å². The Morgan fingerprint density at radius 3 is 2.88 bits per heavy atom. The normalized spacial score (nSPS) is 39.8. The minimum absolute atomic E-state index is 0.176. The second-order valence-electron chi connectivity index (χ2n) is 8.17. The maximum atomic E-state index is 14.7. The smallest absolute Gasteiger partial charge is 0.251 e. The first-order chi connectivity index (χ1) is 11.8. The van der Waals surface area contributed by atoms with Crippen molar-refractivity contribution in [2.75, 3.05) is 12.3 Å². The topological polar surface area (TPSA) is 68.8 Å². The molecule has 132 valence electrons. The van der Waals surface area contributed by atoms with E-state index in [1.165, 1.54) is 0 Å². The lowest BCUT2D eigenvalue weighted by Crippen LogP contribution is -2.47. The fourth-order valence-corrected chi connectivity index (χ4v) is 5.06. The van der Waals surface area contributed by atoms with Gasteiger partial charge >= 0.3 is 0 Å². The first kappa shape index (κ1) is 16.8. The molecule has 0 bridgehead atoms. The number of halogens is 1. The summed E-state index contributed by atoms with van der Waals surface area (Å²) < 4.78 is 14.7. The number of aliphatic imine (C=N–C) groups is 2. The summed E-state index contributed by atoms with van der Waals surface area (Å²) in [6, 6.07) is 1.36. The van der Waals surface area contributed by atoms with E-state index in [4.69, 9.17) is 0 Å². The van der Waals surface area contributed by atoms with Gasteiger partial charge in [0.25, 0.3) is 5.91 Å². The highest BCUT2D eigenvalue weighted by Gasteiger charge is 2.75. The molecule has 7 heteroatoms. The number of dihydropyridines is 1. The van der Waals surface area contributed by atoms with E-state index in [1.807, 2.05) is 20.8 Å². The van der Waals surface area contributed by atoms with Crippen molar-refractivity contribution in [2.45, 2.75) is 45.4 Å². The van der Waals surface area contributed by atoms with Gasteiger partial charge in [0, 0.05) is 24.4 Å². The Morgan fingerprint density at radius 1 is 1.48 bits per heavy atom. The van der Waals surface area contributed by atoms with Crippen molar-refractivity contribution in [3.8, 4) is 6.07 Å². The summed E-state index contributed by atoms with van der Waals surface area (Å²) in [4.78, 5) is 23.7. The summed E-state index contributed by atoms with van der Waals surface area (Å²) >= 11 is 1.56. The number of carbonyl (C=O) groups excluding carboxylic acids is 1. The van der Waals surface area contributed by atoms with Crippen LogP contribution in [0.4, 0.5) is 4.39 Å². The van der Waals surface area contributed by atoms with E-state index >= 15 is 0 Å². The predicted octanol–water partition coefficient (Wildman–Crippen LogP) is 2.59. The first-order valence-corrected chi connectivity index (χ1v) is 9.62. The summed E-state index contributed by atoms with van der Waals surface area (Å²) in [6.45, 7) is 6.48. The minimum Gasteiger partial charge on any atom is -0.290 e. The average Bonchev–Trinajstić information content (AvgIpc) is 3.23. The molecule has 0 N–H and O–H groups in total. The molecule has 5 atom stereocenters. The number of fused-ring (bicyclic) bond motifs is 2. The van der Waals surface area contributed by atoms with Gasteiger partial charge in [-0.15, -0.1) is 0 Å². The van der Waals surface area contributed by atoms with Crippen LogP contribution in [0.15, 0.2) is 21.6 Å². The number of nitrogens with zero attached hydrogens (tertiary/aromatic N) is 4. The highest BCUT2D eigenvalue weighted by molar-refractivity contribution is 8.13. The molecule has 5 nitrogen and oxygen atoms in total. The Labute approximate surface area is 151 Å². The minimum atomic E-state index is -1.21. The summed E-state index contributed by atoms with van der Waals surface area (Å²) in [5.74, 6) is 0.375. The fraction of sp³-hybridized carbons (Fsp3) is 0.667. The van der Waals surface area contributed by atoms with Crippen LogP contribution < -0.4 is 0 Å². The molecule has 3 aliphatic heterocycles. The number of thioether (sulfide) groups is 1. The number of amides is 1. The first-order valence-electron chi connectivity index (χ1n) is 8.63. The van der Waals surface area contributed by atoms with Crippen molar-refractivity contribution in [2.24, 2.45) is 26.7 Å². The second kappa shape index (κ2) is 5.41.